The molecule has 0 bridgehead atoms. The highest BCUT2D eigenvalue weighted by Gasteiger charge is 2.11. The molecule has 0 aliphatic heterocycles. The van der Waals surface area contributed by atoms with E-state index in [1.807, 2.05) is 25.3 Å². The molecule has 0 radical (unpaired) electrons. The van der Waals surface area contributed by atoms with E-state index in [9.17, 15) is 0 Å². The summed E-state index contributed by atoms with van der Waals surface area (Å²) in [5.41, 5.74) is 2.13. The van der Waals surface area contributed by atoms with Gasteiger partial charge < -0.3 is 5.32 Å². The van der Waals surface area contributed by atoms with Gasteiger partial charge in [-0.25, -0.2) is 0 Å². The van der Waals surface area contributed by atoms with Gasteiger partial charge in [0.2, 0.25) is 0 Å². The van der Waals surface area contributed by atoms with Crippen LogP contribution in [0.5, 0.6) is 0 Å². The SMILES string of the molecule is Cc1ccc(-c2nnc(CNC(C)(C)C)s2)cn1. The van der Waals surface area contributed by atoms with Crippen LogP contribution in [-0.4, -0.2) is 20.7 Å². The predicted octanol–water partition coefficient (Wildman–Crippen LogP) is 2.80. The van der Waals surface area contributed by atoms with Gasteiger partial charge in [0.05, 0.1) is 6.54 Å². The summed E-state index contributed by atoms with van der Waals surface area (Å²) < 4.78 is 0. The molecule has 0 aliphatic rings. The van der Waals surface area contributed by atoms with Crippen LogP contribution >= 0.6 is 11.3 Å². The van der Waals surface area contributed by atoms with Crippen LogP contribution in [0.3, 0.4) is 0 Å². The number of hydrogen-bond donors (Lipinski definition) is 1. The van der Waals surface area contributed by atoms with Crippen molar-refractivity contribution in [2.75, 3.05) is 0 Å². The smallest absolute Gasteiger partial charge is 0.149 e. The molecule has 96 valence electrons. The Morgan fingerprint density at radius 3 is 2.61 bits per heavy atom. The standard InChI is InChI=1S/C13H18N4S/c1-9-5-6-10(7-14-9)12-17-16-11(18-12)8-15-13(2,3)4/h5-7,15H,8H2,1-4H3. The van der Waals surface area contributed by atoms with Crippen molar-refractivity contribution >= 4 is 11.3 Å². The molecule has 0 amide bonds. The number of nitrogens with zero attached hydrogens (tertiary/aromatic N) is 3. The molecular formula is C13H18N4S. The number of hydrogen-bond acceptors (Lipinski definition) is 5. The Kier molecular flexibility index (Phi) is 3.73. The highest BCUT2D eigenvalue weighted by Crippen LogP contribution is 2.22. The van der Waals surface area contributed by atoms with Crippen LogP contribution in [0.15, 0.2) is 18.3 Å². The zero-order valence-corrected chi connectivity index (χ0v) is 12.0. The second-order valence-electron chi connectivity index (χ2n) is 5.29. The van der Waals surface area contributed by atoms with Gasteiger partial charge in [0.25, 0.3) is 0 Å². The number of nitrogens with one attached hydrogen (secondary N) is 1. The second kappa shape index (κ2) is 5.12. The Balaban J connectivity index is 2.08. The van der Waals surface area contributed by atoms with Gasteiger partial charge in [0.1, 0.15) is 10.0 Å². The monoisotopic (exact) mass is 262 g/mol. The molecule has 1 N–H and O–H groups in total. The topological polar surface area (TPSA) is 50.7 Å². The van der Waals surface area contributed by atoms with Crippen molar-refractivity contribution in [3.05, 3.63) is 29.0 Å². The molecule has 0 fully saturated rings. The maximum Gasteiger partial charge on any atom is 0.149 e. The lowest BCUT2D eigenvalue weighted by Gasteiger charge is -2.19. The van der Waals surface area contributed by atoms with E-state index in [2.05, 4.69) is 41.3 Å². The molecular weight excluding hydrogens is 244 g/mol. The van der Waals surface area contributed by atoms with Gasteiger partial charge >= 0.3 is 0 Å². The van der Waals surface area contributed by atoms with Crippen LogP contribution in [0.2, 0.25) is 0 Å². The Morgan fingerprint density at radius 2 is 2.00 bits per heavy atom. The highest BCUT2D eigenvalue weighted by molar-refractivity contribution is 7.14. The van der Waals surface area contributed by atoms with E-state index >= 15 is 0 Å². The lowest BCUT2D eigenvalue weighted by atomic mass is 10.1. The van der Waals surface area contributed by atoms with Crippen molar-refractivity contribution in [3.8, 4) is 10.6 Å². The minimum atomic E-state index is 0.0945. The third-order valence-corrected chi connectivity index (χ3v) is 3.37. The molecule has 0 unspecified atom stereocenters. The zero-order chi connectivity index (χ0) is 13.2. The molecule has 2 aromatic heterocycles. The van der Waals surface area contributed by atoms with Crippen LogP contribution < -0.4 is 5.32 Å². The van der Waals surface area contributed by atoms with E-state index in [0.717, 1.165) is 27.8 Å². The molecule has 0 saturated carbocycles. The molecule has 2 heterocycles. The summed E-state index contributed by atoms with van der Waals surface area (Å²) >= 11 is 1.61. The van der Waals surface area contributed by atoms with Crippen LogP contribution in [-0.2, 0) is 6.54 Å². The van der Waals surface area contributed by atoms with Crippen LogP contribution in [0.4, 0.5) is 0 Å². The molecule has 2 rings (SSSR count). The first kappa shape index (κ1) is 13.1. The fraction of sp³-hybridized carbons (Fsp3) is 0.462. The summed E-state index contributed by atoms with van der Waals surface area (Å²) in [6.07, 6.45) is 1.84. The molecule has 18 heavy (non-hydrogen) atoms. The van der Waals surface area contributed by atoms with Crippen molar-refractivity contribution in [2.24, 2.45) is 0 Å². The normalized spacial score (nSPS) is 11.8. The average molecular weight is 262 g/mol. The Labute approximate surface area is 111 Å². The van der Waals surface area contributed by atoms with Crippen molar-refractivity contribution in [3.63, 3.8) is 0 Å². The molecule has 0 aromatic carbocycles. The maximum absolute atomic E-state index is 4.27. The predicted molar refractivity (Wildman–Crippen MR) is 74.5 cm³/mol. The number of aryl methyl sites for hydroxylation is 1. The Morgan fingerprint density at radius 1 is 1.22 bits per heavy atom. The summed E-state index contributed by atoms with van der Waals surface area (Å²) in [6.45, 7) is 9.14. The van der Waals surface area contributed by atoms with E-state index in [-0.39, 0.29) is 5.54 Å². The van der Waals surface area contributed by atoms with Crippen LogP contribution in [0.1, 0.15) is 31.5 Å². The lowest BCUT2D eigenvalue weighted by molar-refractivity contribution is 0.423. The van der Waals surface area contributed by atoms with Gasteiger partial charge in [-0.05, 0) is 39.8 Å². The minimum Gasteiger partial charge on any atom is -0.306 e. The molecule has 0 saturated heterocycles. The minimum absolute atomic E-state index is 0.0945. The summed E-state index contributed by atoms with van der Waals surface area (Å²) in [6, 6.07) is 4.02. The number of aromatic nitrogens is 3. The van der Waals surface area contributed by atoms with Gasteiger partial charge in [-0.15, -0.1) is 10.2 Å². The molecule has 4 nitrogen and oxygen atoms in total. The summed E-state index contributed by atoms with van der Waals surface area (Å²) in [7, 11) is 0. The summed E-state index contributed by atoms with van der Waals surface area (Å²) in [5, 5.41) is 13.7. The quantitative estimate of drug-likeness (QED) is 0.924. The van der Waals surface area contributed by atoms with E-state index in [1.165, 1.54) is 0 Å². The van der Waals surface area contributed by atoms with Crippen LogP contribution in [0, 0.1) is 6.92 Å². The van der Waals surface area contributed by atoms with Crippen molar-refractivity contribution in [2.45, 2.75) is 39.8 Å². The lowest BCUT2D eigenvalue weighted by Crippen LogP contribution is -2.35. The maximum atomic E-state index is 4.27. The fourth-order valence-corrected chi connectivity index (χ4v) is 2.15. The second-order valence-corrected chi connectivity index (χ2v) is 6.35. The Bertz CT molecular complexity index is 511. The molecule has 0 aliphatic carbocycles. The van der Waals surface area contributed by atoms with Crippen molar-refractivity contribution < 1.29 is 0 Å². The van der Waals surface area contributed by atoms with Gasteiger partial charge in [-0.3, -0.25) is 4.98 Å². The highest BCUT2D eigenvalue weighted by atomic mass is 32.1. The van der Waals surface area contributed by atoms with Gasteiger partial charge in [0.15, 0.2) is 0 Å². The third-order valence-electron chi connectivity index (χ3n) is 2.40. The fourth-order valence-electron chi connectivity index (χ4n) is 1.38. The molecule has 5 heteroatoms. The molecule has 0 atom stereocenters. The zero-order valence-electron chi connectivity index (χ0n) is 11.2. The first-order chi connectivity index (χ1) is 8.44. The van der Waals surface area contributed by atoms with Crippen molar-refractivity contribution in [1.82, 2.24) is 20.5 Å². The number of rotatable bonds is 3. The van der Waals surface area contributed by atoms with E-state index in [0.29, 0.717) is 0 Å². The molecule has 2 aromatic rings. The van der Waals surface area contributed by atoms with Gasteiger partial charge in [0, 0.05) is 23.0 Å². The largest absolute Gasteiger partial charge is 0.306 e. The van der Waals surface area contributed by atoms with E-state index in [4.69, 9.17) is 0 Å². The Hall–Kier alpha value is -1.33. The third kappa shape index (κ3) is 3.58. The van der Waals surface area contributed by atoms with Crippen molar-refractivity contribution in [1.29, 1.82) is 0 Å². The van der Waals surface area contributed by atoms with E-state index < -0.39 is 0 Å². The molecule has 0 spiro atoms. The first-order valence-electron chi connectivity index (χ1n) is 5.94. The summed E-state index contributed by atoms with van der Waals surface area (Å²) in [4.78, 5) is 4.27. The summed E-state index contributed by atoms with van der Waals surface area (Å²) in [5.74, 6) is 0. The first-order valence-corrected chi connectivity index (χ1v) is 6.76. The van der Waals surface area contributed by atoms with E-state index in [1.54, 1.807) is 11.3 Å². The van der Waals surface area contributed by atoms with Crippen LogP contribution in [0.25, 0.3) is 10.6 Å². The van der Waals surface area contributed by atoms with Gasteiger partial charge in [-0.1, -0.05) is 11.3 Å². The number of pyridine rings is 1. The van der Waals surface area contributed by atoms with Gasteiger partial charge in [-0.2, -0.15) is 0 Å². The average Bonchev–Trinajstić information content (AvgIpc) is 2.75.